The van der Waals surface area contributed by atoms with Gasteiger partial charge in [-0.05, 0) is 62.8 Å². The first-order chi connectivity index (χ1) is 10.8. The van der Waals surface area contributed by atoms with E-state index in [1.807, 2.05) is 42.5 Å². The van der Waals surface area contributed by atoms with Crippen LogP contribution in [0.2, 0.25) is 5.02 Å². The standard InChI is InChI=1S/C18H21ClN2OS/c1-18(2,3)21-17(23)20-14-9-10-15(16(11-14)22-4)12-5-7-13(19)8-6-12/h5-11H,1-4H3,(H2,20,21,23). The maximum atomic E-state index is 5.95. The van der Waals surface area contributed by atoms with Crippen molar-refractivity contribution >= 4 is 34.6 Å². The quantitative estimate of drug-likeness (QED) is 0.756. The Morgan fingerprint density at radius 3 is 2.30 bits per heavy atom. The van der Waals surface area contributed by atoms with Crippen molar-refractivity contribution < 1.29 is 4.74 Å². The normalized spacial score (nSPS) is 11.0. The van der Waals surface area contributed by atoms with Crippen molar-refractivity contribution in [1.29, 1.82) is 0 Å². The Hall–Kier alpha value is -1.78. The van der Waals surface area contributed by atoms with Crippen LogP contribution in [0.4, 0.5) is 5.69 Å². The third-order valence-electron chi connectivity index (χ3n) is 3.10. The van der Waals surface area contributed by atoms with Gasteiger partial charge < -0.3 is 15.4 Å². The second-order valence-electron chi connectivity index (χ2n) is 6.25. The van der Waals surface area contributed by atoms with Crippen LogP contribution in [0.3, 0.4) is 0 Å². The topological polar surface area (TPSA) is 33.3 Å². The molecule has 2 rings (SSSR count). The molecule has 0 aliphatic rings. The zero-order chi connectivity index (χ0) is 17.0. The van der Waals surface area contributed by atoms with Crippen LogP contribution in [0, 0.1) is 0 Å². The number of anilines is 1. The highest BCUT2D eigenvalue weighted by Gasteiger charge is 2.12. The third-order valence-corrected chi connectivity index (χ3v) is 3.56. The van der Waals surface area contributed by atoms with Crippen LogP contribution in [0.1, 0.15) is 20.8 Å². The largest absolute Gasteiger partial charge is 0.496 e. The smallest absolute Gasteiger partial charge is 0.171 e. The van der Waals surface area contributed by atoms with Crippen molar-refractivity contribution in [2.45, 2.75) is 26.3 Å². The van der Waals surface area contributed by atoms with Crippen LogP contribution in [-0.2, 0) is 0 Å². The highest BCUT2D eigenvalue weighted by Crippen LogP contribution is 2.33. The number of halogens is 1. The van der Waals surface area contributed by atoms with Gasteiger partial charge in [-0.15, -0.1) is 0 Å². The van der Waals surface area contributed by atoms with E-state index in [2.05, 4.69) is 31.4 Å². The van der Waals surface area contributed by atoms with Gasteiger partial charge in [-0.1, -0.05) is 23.7 Å². The summed E-state index contributed by atoms with van der Waals surface area (Å²) >= 11 is 11.3. The van der Waals surface area contributed by atoms with Crippen LogP contribution < -0.4 is 15.4 Å². The molecule has 0 aliphatic carbocycles. The number of methoxy groups -OCH3 is 1. The van der Waals surface area contributed by atoms with Gasteiger partial charge in [0, 0.05) is 27.9 Å². The lowest BCUT2D eigenvalue weighted by molar-refractivity contribution is 0.416. The number of hydrogen-bond acceptors (Lipinski definition) is 2. The van der Waals surface area contributed by atoms with Crippen LogP contribution in [0.25, 0.3) is 11.1 Å². The van der Waals surface area contributed by atoms with Gasteiger partial charge in [0.05, 0.1) is 7.11 Å². The van der Waals surface area contributed by atoms with Gasteiger partial charge >= 0.3 is 0 Å². The van der Waals surface area contributed by atoms with Crippen molar-refractivity contribution in [2.24, 2.45) is 0 Å². The van der Waals surface area contributed by atoms with E-state index >= 15 is 0 Å². The van der Waals surface area contributed by atoms with E-state index < -0.39 is 0 Å². The predicted octanol–water partition coefficient (Wildman–Crippen LogP) is 5.10. The van der Waals surface area contributed by atoms with Crippen LogP contribution in [-0.4, -0.2) is 17.8 Å². The van der Waals surface area contributed by atoms with E-state index in [1.165, 1.54) is 0 Å². The van der Waals surface area contributed by atoms with E-state index in [4.69, 9.17) is 28.6 Å². The molecule has 0 amide bonds. The lowest BCUT2D eigenvalue weighted by Crippen LogP contribution is -2.42. The molecule has 0 aromatic heterocycles. The summed E-state index contributed by atoms with van der Waals surface area (Å²) in [4.78, 5) is 0. The molecule has 0 heterocycles. The molecule has 2 N–H and O–H groups in total. The SMILES string of the molecule is COc1cc(NC(=S)NC(C)(C)C)ccc1-c1ccc(Cl)cc1. The van der Waals surface area contributed by atoms with Gasteiger partial charge in [0.1, 0.15) is 5.75 Å². The summed E-state index contributed by atoms with van der Waals surface area (Å²) < 4.78 is 5.52. The lowest BCUT2D eigenvalue weighted by Gasteiger charge is -2.23. The minimum atomic E-state index is -0.0859. The van der Waals surface area contributed by atoms with Gasteiger partial charge in [0.25, 0.3) is 0 Å². The molecule has 0 atom stereocenters. The molecule has 0 fully saturated rings. The molecule has 2 aromatic carbocycles. The van der Waals surface area contributed by atoms with Gasteiger partial charge in [-0.2, -0.15) is 0 Å². The van der Waals surface area contributed by atoms with Crippen LogP contribution in [0.15, 0.2) is 42.5 Å². The Morgan fingerprint density at radius 1 is 1.09 bits per heavy atom. The second kappa shape index (κ2) is 7.20. The molecule has 0 unspecified atom stereocenters. The Labute approximate surface area is 148 Å². The molecule has 0 saturated heterocycles. The average molecular weight is 349 g/mol. The summed E-state index contributed by atoms with van der Waals surface area (Å²) in [5.74, 6) is 0.774. The highest BCUT2D eigenvalue weighted by atomic mass is 35.5. The van der Waals surface area contributed by atoms with Gasteiger partial charge in [-0.25, -0.2) is 0 Å². The fraction of sp³-hybridized carbons (Fsp3) is 0.278. The second-order valence-corrected chi connectivity index (χ2v) is 7.10. The summed E-state index contributed by atoms with van der Waals surface area (Å²) in [7, 11) is 1.66. The number of nitrogens with one attached hydrogen (secondary N) is 2. The molecule has 0 saturated carbocycles. The first-order valence-corrected chi connectivity index (χ1v) is 8.10. The van der Waals surface area contributed by atoms with E-state index in [0.29, 0.717) is 10.1 Å². The zero-order valence-corrected chi connectivity index (χ0v) is 15.3. The predicted molar refractivity (Wildman–Crippen MR) is 103 cm³/mol. The molecule has 23 heavy (non-hydrogen) atoms. The molecule has 0 spiro atoms. The summed E-state index contributed by atoms with van der Waals surface area (Å²) in [5, 5.41) is 7.70. The molecule has 2 aromatic rings. The summed E-state index contributed by atoms with van der Waals surface area (Å²) in [6, 6.07) is 13.6. The summed E-state index contributed by atoms with van der Waals surface area (Å²) in [6.07, 6.45) is 0. The van der Waals surface area contributed by atoms with Crippen molar-refractivity contribution in [3.8, 4) is 16.9 Å². The Morgan fingerprint density at radius 2 is 1.74 bits per heavy atom. The van der Waals surface area contributed by atoms with E-state index in [0.717, 1.165) is 22.6 Å². The molecule has 0 aliphatic heterocycles. The van der Waals surface area contributed by atoms with Crippen molar-refractivity contribution in [1.82, 2.24) is 5.32 Å². The van der Waals surface area contributed by atoms with Crippen molar-refractivity contribution in [3.63, 3.8) is 0 Å². The average Bonchev–Trinajstić information content (AvgIpc) is 2.46. The monoisotopic (exact) mass is 348 g/mol. The van der Waals surface area contributed by atoms with Gasteiger partial charge in [0.2, 0.25) is 0 Å². The fourth-order valence-corrected chi connectivity index (χ4v) is 2.69. The molecule has 0 radical (unpaired) electrons. The van der Waals surface area contributed by atoms with Crippen molar-refractivity contribution in [2.75, 3.05) is 12.4 Å². The fourth-order valence-electron chi connectivity index (χ4n) is 2.14. The minimum absolute atomic E-state index is 0.0859. The maximum Gasteiger partial charge on any atom is 0.171 e. The van der Waals surface area contributed by atoms with Crippen molar-refractivity contribution in [3.05, 3.63) is 47.5 Å². The Balaban J connectivity index is 2.23. The number of thiocarbonyl (C=S) groups is 1. The van der Waals surface area contributed by atoms with Crippen LogP contribution in [0.5, 0.6) is 5.75 Å². The highest BCUT2D eigenvalue weighted by molar-refractivity contribution is 7.80. The molecule has 0 bridgehead atoms. The molecular formula is C18H21ClN2OS. The first kappa shape index (κ1) is 17.6. The summed E-state index contributed by atoms with van der Waals surface area (Å²) in [5.41, 5.74) is 2.84. The number of ether oxygens (including phenoxy) is 1. The minimum Gasteiger partial charge on any atom is -0.496 e. The number of rotatable bonds is 3. The van der Waals surface area contributed by atoms with E-state index in [1.54, 1.807) is 7.11 Å². The zero-order valence-electron chi connectivity index (χ0n) is 13.7. The number of hydrogen-bond donors (Lipinski definition) is 2. The number of benzene rings is 2. The molecular weight excluding hydrogens is 328 g/mol. The third kappa shape index (κ3) is 5.12. The molecule has 3 nitrogen and oxygen atoms in total. The van der Waals surface area contributed by atoms with Gasteiger partial charge in [0.15, 0.2) is 5.11 Å². The van der Waals surface area contributed by atoms with E-state index in [9.17, 15) is 0 Å². The first-order valence-electron chi connectivity index (χ1n) is 7.31. The molecule has 5 heteroatoms. The molecule has 122 valence electrons. The summed E-state index contributed by atoms with van der Waals surface area (Å²) in [6.45, 7) is 6.18. The lowest BCUT2D eigenvalue weighted by atomic mass is 10.0. The Kier molecular flexibility index (Phi) is 5.50. The van der Waals surface area contributed by atoms with E-state index in [-0.39, 0.29) is 5.54 Å². The maximum absolute atomic E-state index is 5.95. The van der Waals surface area contributed by atoms with Gasteiger partial charge in [-0.3, -0.25) is 0 Å². The Bertz CT molecular complexity index is 693. The van der Waals surface area contributed by atoms with Crippen LogP contribution >= 0.6 is 23.8 Å².